The van der Waals surface area contributed by atoms with Gasteiger partial charge in [-0.15, -0.1) is 0 Å². The lowest BCUT2D eigenvalue weighted by Crippen LogP contribution is -2.35. The summed E-state index contributed by atoms with van der Waals surface area (Å²) in [5, 5.41) is 0. The molecule has 0 spiro atoms. The Morgan fingerprint density at radius 2 is 2.04 bits per heavy atom. The molecule has 0 N–H and O–H groups in total. The molecule has 0 radical (unpaired) electrons. The van der Waals surface area contributed by atoms with Crippen molar-refractivity contribution >= 4 is 12.0 Å². The second kappa shape index (κ2) is 8.40. The second-order valence-electron chi connectivity index (χ2n) is 7.14. The smallest absolute Gasteiger partial charge is 0.246 e. The van der Waals surface area contributed by atoms with E-state index in [4.69, 9.17) is 9.47 Å². The molecule has 0 saturated carbocycles. The topological polar surface area (TPSA) is 38.8 Å². The Morgan fingerprint density at radius 3 is 2.85 bits per heavy atom. The van der Waals surface area contributed by atoms with Gasteiger partial charge in [0.2, 0.25) is 5.91 Å². The molecule has 2 aromatic carbocycles. The molecule has 2 aliphatic heterocycles. The molecule has 0 aromatic heterocycles. The summed E-state index contributed by atoms with van der Waals surface area (Å²) in [7, 11) is 0. The van der Waals surface area contributed by atoms with Gasteiger partial charge in [0, 0.05) is 32.2 Å². The van der Waals surface area contributed by atoms with Gasteiger partial charge in [-0.1, -0.05) is 36.4 Å². The summed E-state index contributed by atoms with van der Waals surface area (Å²) < 4.78 is 11.3. The largest absolute Gasteiger partial charge is 0.493 e. The molecule has 0 bridgehead atoms. The van der Waals surface area contributed by atoms with Gasteiger partial charge < -0.3 is 14.4 Å². The molecule has 0 aliphatic carbocycles. The summed E-state index contributed by atoms with van der Waals surface area (Å²) in [5.74, 6) is 0.980. The molecule has 1 amide bonds. The van der Waals surface area contributed by atoms with E-state index in [0.717, 1.165) is 49.4 Å². The van der Waals surface area contributed by atoms with E-state index in [-0.39, 0.29) is 12.0 Å². The van der Waals surface area contributed by atoms with Gasteiger partial charge in [0.15, 0.2) is 0 Å². The van der Waals surface area contributed by atoms with Crippen LogP contribution in [0.5, 0.6) is 5.75 Å². The molecule has 1 unspecified atom stereocenters. The fourth-order valence-corrected chi connectivity index (χ4v) is 3.65. The molecule has 27 heavy (non-hydrogen) atoms. The fourth-order valence-electron chi connectivity index (χ4n) is 3.65. The van der Waals surface area contributed by atoms with E-state index in [9.17, 15) is 4.79 Å². The Bertz CT molecular complexity index is 810. The highest BCUT2D eigenvalue weighted by Gasteiger charge is 2.21. The monoisotopic (exact) mass is 363 g/mol. The number of rotatable bonds is 6. The summed E-state index contributed by atoms with van der Waals surface area (Å²) in [6, 6.07) is 16.2. The maximum absolute atomic E-state index is 12.9. The van der Waals surface area contributed by atoms with E-state index in [0.29, 0.717) is 13.1 Å². The molecule has 1 saturated heterocycles. The number of hydrogen-bond donors (Lipinski definition) is 0. The molecular weight excluding hydrogens is 338 g/mol. The van der Waals surface area contributed by atoms with Crippen molar-refractivity contribution in [3.63, 3.8) is 0 Å². The number of fused-ring (bicyclic) bond motifs is 1. The quantitative estimate of drug-likeness (QED) is 0.732. The van der Waals surface area contributed by atoms with Gasteiger partial charge >= 0.3 is 0 Å². The Labute approximate surface area is 160 Å². The van der Waals surface area contributed by atoms with E-state index in [1.807, 2.05) is 41.3 Å². The van der Waals surface area contributed by atoms with Crippen molar-refractivity contribution in [1.82, 2.24) is 4.90 Å². The minimum Gasteiger partial charge on any atom is -0.493 e. The molecule has 4 heteroatoms. The van der Waals surface area contributed by atoms with E-state index in [1.165, 1.54) is 5.56 Å². The first-order valence-electron chi connectivity index (χ1n) is 9.66. The van der Waals surface area contributed by atoms with Crippen molar-refractivity contribution in [2.45, 2.75) is 31.9 Å². The van der Waals surface area contributed by atoms with Crippen molar-refractivity contribution in [3.05, 3.63) is 71.3 Å². The van der Waals surface area contributed by atoms with Crippen LogP contribution in [0.3, 0.4) is 0 Å². The lowest BCUT2D eigenvalue weighted by Gasteiger charge is -2.24. The number of ether oxygens (including phenoxy) is 2. The van der Waals surface area contributed by atoms with Crippen molar-refractivity contribution in [2.75, 3.05) is 19.8 Å². The lowest BCUT2D eigenvalue weighted by atomic mass is 10.1. The van der Waals surface area contributed by atoms with Crippen LogP contribution in [0.4, 0.5) is 0 Å². The van der Waals surface area contributed by atoms with E-state index in [2.05, 4.69) is 18.2 Å². The highest BCUT2D eigenvalue weighted by Crippen LogP contribution is 2.26. The van der Waals surface area contributed by atoms with E-state index in [1.54, 1.807) is 6.08 Å². The lowest BCUT2D eigenvalue weighted by molar-refractivity contribution is -0.128. The molecule has 2 aliphatic rings. The minimum absolute atomic E-state index is 0.0195. The fraction of sp³-hybridized carbons (Fsp3) is 0.348. The SMILES string of the molecule is O=C(/C=C/c1ccc2c(c1)CCO2)N(Cc1ccccc1)CC1CCCO1. The highest BCUT2D eigenvalue weighted by molar-refractivity contribution is 5.91. The van der Waals surface area contributed by atoms with Gasteiger partial charge in [0.1, 0.15) is 5.75 Å². The first-order valence-corrected chi connectivity index (χ1v) is 9.66. The average molecular weight is 363 g/mol. The summed E-state index contributed by atoms with van der Waals surface area (Å²) in [6.07, 6.45) is 6.75. The zero-order valence-corrected chi connectivity index (χ0v) is 15.5. The highest BCUT2D eigenvalue weighted by atomic mass is 16.5. The van der Waals surface area contributed by atoms with Crippen LogP contribution in [0.2, 0.25) is 0 Å². The zero-order chi connectivity index (χ0) is 18.5. The third kappa shape index (κ3) is 4.58. The van der Waals surface area contributed by atoms with E-state index >= 15 is 0 Å². The van der Waals surface area contributed by atoms with Crippen LogP contribution in [0.1, 0.15) is 29.5 Å². The van der Waals surface area contributed by atoms with Gasteiger partial charge in [0.05, 0.1) is 12.7 Å². The van der Waals surface area contributed by atoms with Crippen molar-refractivity contribution < 1.29 is 14.3 Å². The summed E-state index contributed by atoms with van der Waals surface area (Å²) >= 11 is 0. The molecule has 1 atom stereocenters. The molecule has 4 nitrogen and oxygen atoms in total. The van der Waals surface area contributed by atoms with Crippen LogP contribution in [0, 0.1) is 0 Å². The second-order valence-corrected chi connectivity index (χ2v) is 7.14. The van der Waals surface area contributed by atoms with E-state index < -0.39 is 0 Å². The summed E-state index contributed by atoms with van der Waals surface area (Å²) in [5.41, 5.74) is 3.38. The number of benzene rings is 2. The van der Waals surface area contributed by atoms with Crippen LogP contribution < -0.4 is 4.74 Å². The number of carbonyl (C=O) groups excluding carboxylic acids is 1. The van der Waals surface area contributed by atoms with Crippen molar-refractivity contribution in [2.24, 2.45) is 0 Å². The Balaban J connectivity index is 1.47. The molecule has 1 fully saturated rings. The van der Waals surface area contributed by atoms with Crippen molar-refractivity contribution in [3.8, 4) is 5.75 Å². The van der Waals surface area contributed by atoms with Crippen LogP contribution in [0.25, 0.3) is 6.08 Å². The standard InChI is InChI=1S/C23H25NO3/c25-23(11-9-18-8-10-22-20(15-18)12-14-27-22)24(17-21-7-4-13-26-21)16-19-5-2-1-3-6-19/h1-3,5-6,8-11,15,21H,4,7,12-14,16-17H2/b11-9+. The maximum atomic E-state index is 12.9. The maximum Gasteiger partial charge on any atom is 0.246 e. The molecule has 2 heterocycles. The van der Waals surface area contributed by atoms with Gasteiger partial charge in [-0.25, -0.2) is 0 Å². The number of hydrogen-bond acceptors (Lipinski definition) is 3. The molecule has 140 valence electrons. The summed E-state index contributed by atoms with van der Waals surface area (Å²) in [6.45, 7) is 2.77. The third-order valence-electron chi connectivity index (χ3n) is 5.11. The average Bonchev–Trinajstić information content (AvgIpc) is 3.37. The predicted octanol–water partition coefficient (Wildman–Crippen LogP) is 3.84. The van der Waals surface area contributed by atoms with Gasteiger partial charge in [-0.3, -0.25) is 4.79 Å². The Hall–Kier alpha value is -2.59. The van der Waals surface area contributed by atoms with Gasteiger partial charge in [0.25, 0.3) is 0 Å². The van der Waals surface area contributed by atoms with Gasteiger partial charge in [-0.2, -0.15) is 0 Å². The Morgan fingerprint density at radius 1 is 1.15 bits per heavy atom. The normalized spacial score (nSPS) is 18.4. The Kier molecular flexibility index (Phi) is 5.54. The first kappa shape index (κ1) is 17.8. The number of carbonyl (C=O) groups is 1. The zero-order valence-electron chi connectivity index (χ0n) is 15.5. The van der Waals surface area contributed by atoms with Crippen molar-refractivity contribution in [1.29, 1.82) is 0 Å². The number of nitrogens with zero attached hydrogens (tertiary/aromatic N) is 1. The summed E-state index contributed by atoms with van der Waals surface area (Å²) in [4.78, 5) is 14.8. The molecule has 2 aromatic rings. The van der Waals surface area contributed by atoms with Crippen LogP contribution in [0.15, 0.2) is 54.6 Å². The number of amides is 1. The van der Waals surface area contributed by atoms with Crippen LogP contribution in [-0.4, -0.2) is 36.7 Å². The molecule has 4 rings (SSSR count). The van der Waals surface area contributed by atoms with Gasteiger partial charge in [-0.05, 0) is 47.7 Å². The first-order chi connectivity index (χ1) is 13.3. The predicted molar refractivity (Wildman–Crippen MR) is 106 cm³/mol. The molecular formula is C23H25NO3. The minimum atomic E-state index is 0.0195. The third-order valence-corrected chi connectivity index (χ3v) is 5.11. The van der Waals surface area contributed by atoms with Crippen LogP contribution in [-0.2, 0) is 22.5 Å². The van der Waals surface area contributed by atoms with Crippen LogP contribution >= 0.6 is 0 Å².